The van der Waals surface area contributed by atoms with Gasteiger partial charge in [0.25, 0.3) is 0 Å². The van der Waals surface area contributed by atoms with Gasteiger partial charge in [-0.2, -0.15) is 5.26 Å². The summed E-state index contributed by atoms with van der Waals surface area (Å²) in [6.07, 6.45) is 0.611. The zero-order chi connectivity index (χ0) is 12.3. The molecular formula is C14H13NOS. The van der Waals surface area contributed by atoms with Crippen LogP contribution in [0.25, 0.3) is 0 Å². The van der Waals surface area contributed by atoms with Crippen LogP contribution < -0.4 is 0 Å². The number of thiophene rings is 1. The van der Waals surface area contributed by atoms with E-state index < -0.39 is 5.60 Å². The van der Waals surface area contributed by atoms with Gasteiger partial charge in [-0.05, 0) is 35.6 Å². The molecule has 86 valence electrons. The summed E-state index contributed by atoms with van der Waals surface area (Å²) in [7, 11) is 0. The summed E-state index contributed by atoms with van der Waals surface area (Å²) >= 11 is 1.54. The minimum atomic E-state index is -0.942. The number of benzene rings is 1. The zero-order valence-corrected chi connectivity index (χ0v) is 10.4. The third-order valence-corrected chi connectivity index (χ3v) is 3.95. The van der Waals surface area contributed by atoms with Crippen LogP contribution in [-0.2, 0) is 5.60 Å². The van der Waals surface area contributed by atoms with E-state index in [1.165, 1.54) is 0 Å². The first-order valence-electron chi connectivity index (χ1n) is 5.47. The van der Waals surface area contributed by atoms with E-state index in [-0.39, 0.29) is 0 Å². The van der Waals surface area contributed by atoms with Crippen molar-refractivity contribution in [2.45, 2.75) is 18.9 Å². The van der Waals surface area contributed by atoms with E-state index in [1.54, 1.807) is 23.5 Å². The van der Waals surface area contributed by atoms with Crippen LogP contribution in [0.2, 0.25) is 0 Å². The summed E-state index contributed by atoms with van der Waals surface area (Å²) < 4.78 is 0. The van der Waals surface area contributed by atoms with Gasteiger partial charge in [0.05, 0.1) is 11.6 Å². The monoisotopic (exact) mass is 243 g/mol. The minimum Gasteiger partial charge on any atom is -0.380 e. The Morgan fingerprint density at radius 3 is 2.47 bits per heavy atom. The van der Waals surface area contributed by atoms with Crippen molar-refractivity contribution >= 4 is 11.3 Å². The van der Waals surface area contributed by atoms with Crippen molar-refractivity contribution in [1.82, 2.24) is 0 Å². The molecule has 1 aromatic carbocycles. The molecule has 0 saturated carbocycles. The van der Waals surface area contributed by atoms with Crippen molar-refractivity contribution in [2.24, 2.45) is 0 Å². The summed E-state index contributed by atoms with van der Waals surface area (Å²) in [5.41, 5.74) is 0.502. The Hall–Kier alpha value is -1.63. The molecule has 0 aliphatic rings. The van der Waals surface area contributed by atoms with Crippen molar-refractivity contribution in [3.05, 3.63) is 57.8 Å². The quantitative estimate of drug-likeness (QED) is 0.899. The molecule has 0 bridgehead atoms. The average molecular weight is 243 g/mol. The van der Waals surface area contributed by atoms with Gasteiger partial charge in [0.1, 0.15) is 5.60 Å². The third kappa shape index (κ3) is 2.10. The summed E-state index contributed by atoms with van der Waals surface area (Å²) in [6.45, 7) is 1.96. The first-order valence-corrected chi connectivity index (χ1v) is 6.35. The largest absolute Gasteiger partial charge is 0.380 e. The Morgan fingerprint density at radius 2 is 2.00 bits per heavy atom. The summed E-state index contributed by atoms with van der Waals surface area (Å²) in [6, 6.07) is 13.1. The lowest BCUT2D eigenvalue weighted by molar-refractivity contribution is 0.0804. The first kappa shape index (κ1) is 11.8. The SMILES string of the molecule is CCC(O)(c1ccc(C#N)cc1)c1cccs1. The summed E-state index contributed by atoms with van der Waals surface area (Å²) in [4.78, 5) is 0.935. The second-order valence-corrected chi connectivity index (χ2v) is 4.83. The third-order valence-electron chi connectivity index (χ3n) is 2.93. The van der Waals surface area contributed by atoms with Gasteiger partial charge in [-0.3, -0.25) is 0 Å². The molecule has 1 atom stereocenters. The number of hydrogen-bond donors (Lipinski definition) is 1. The highest BCUT2D eigenvalue weighted by Gasteiger charge is 2.30. The Morgan fingerprint density at radius 1 is 1.29 bits per heavy atom. The maximum absolute atomic E-state index is 10.7. The first-order chi connectivity index (χ1) is 8.20. The molecule has 2 rings (SSSR count). The van der Waals surface area contributed by atoms with E-state index in [1.807, 2.05) is 36.6 Å². The topological polar surface area (TPSA) is 44.0 Å². The predicted octanol–water partition coefficient (Wildman–Crippen LogP) is 3.27. The van der Waals surface area contributed by atoms with Crippen LogP contribution in [0.5, 0.6) is 0 Å². The molecule has 0 aliphatic heterocycles. The molecule has 3 heteroatoms. The van der Waals surface area contributed by atoms with Gasteiger partial charge >= 0.3 is 0 Å². The Balaban J connectivity index is 2.45. The normalized spacial score (nSPS) is 13.9. The van der Waals surface area contributed by atoms with E-state index in [2.05, 4.69) is 6.07 Å². The molecule has 1 aromatic heterocycles. The predicted molar refractivity (Wildman–Crippen MR) is 68.8 cm³/mol. The maximum atomic E-state index is 10.7. The fraction of sp³-hybridized carbons (Fsp3) is 0.214. The Labute approximate surface area is 105 Å². The van der Waals surface area contributed by atoms with Crippen LogP contribution in [0.3, 0.4) is 0 Å². The van der Waals surface area contributed by atoms with E-state index >= 15 is 0 Å². The smallest absolute Gasteiger partial charge is 0.123 e. The number of aliphatic hydroxyl groups is 1. The molecule has 0 radical (unpaired) electrons. The molecule has 1 heterocycles. The second kappa shape index (κ2) is 4.70. The van der Waals surface area contributed by atoms with Crippen LogP contribution in [-0.4, -0.2) is 5.11 Å². The van der Waals surface area contributed by atoms with Crippen molar-refractivity contribution in [3.63, 3.8) is 0 Å². The van der Waals surface area contributed by atoms with E-state index in [9.17, 15) is 5.11 Å². The number of hydrogen-bond acceptors (Lipinski definition) is 3. The van der Waals surface area contributed by atoms with Crippen LogP contribution in [0.4, 0.5) is 0 Å². The standard InChI is InChI=1S/C14H13NOS/c1-2-14(16,13-4-3-9-17-13)12-7-5-11(10-15)6-8-12/h3-9,16H,2H2,1H3. The van der Waals surface area contributed by atoms with Gasteiger partial charge in [0.15, 0.2) is 0 Å². The maximum Gasteiger partial charge on any atom is 0.123 e. The van der Waals surface area contributed by atoms with Gasteiger partial charge in [0.2, 0.25) is 0 Å². The van der Waals surface area contributed by atoms with Crippen molar-refractivity contribution in [2.75, 3.05) is 0 Å². The van der Waals surface area contributed by atoms with Gasteiger partial charge in [-0.15, -0.1) is 11.3 Å². The van der Waals surface area contributed by atoms with Crippen molar-refractivity contribution in [1.29, 1.82) is 5.26 Å². The summed E-state index contributed by atoms with van der Waals surface area (Å²) in [5, 5.41) is 21.5. The fourth-order valence-electron chi connectivity index (χ4n) is 1.85. The zero-order valence-electron chi connectivity index (χ0n) is 9.55. The molecule has 0 aliphatic carbocycles. The molecular weight excluding hydrogens is 230 g/mol. The molecule has 1 N–H and O–H groups in total. The average Bonchev–Trinajstić information content (AvgIpc) is 2.92. The molecule has 17 heavy (non-hydrogen) atoms. The molecule has 1 unspecified atom stereocenters. The number of rotatable bonds is 3. The highest BCUT2D eigenvalue weighted by Crippen LogP contribution is 2.35. The van der Waals surface area contributed by atoms with Crippen LogP contribution in [0.15, 0.2) is 41.8 Å². The van der Waals surface area contributed by atoms with Crippen LogP contribution >= 0.6 is 11.3 Å². The van der Waals surface area contributed by atoms with Crippen molar-refractivity contribution < 1.29 is 5.11 Å². The van der Waals surface area contributed by atoms with E-state index in [4.69, 9.17) is 5.26 Å². The lowest BCUT2D eigenvalue weighted by atomic mass is 9.89. The molecule has 0 amide bonds. The lowest BCUT2D eigenvalue weighted by Gasteiger charge is -2.26. The number of nitrogens with zero attached hydrogens (tertiary/aromatic N) is 1. The highest BCUT2D eigenvalue weighted by atomic mass is 32.1. The number of nitriles is 1. The highest BCUT2D eigenvalue weighted by molar-refractivity contribution is 7.10. The molecule has 2 nitrogen and oxygen atoms in total. The van der Waals surface area contributed by atoms with Crippen LogP contribution in [0.1, 0.15) is 29.3 Å². The van der Waals surface area contributed by atoms with Gasteiger partial charge < -0.3 is 5.11 Å². The van der Waals surface area contributed by atoms with Crippen molar-refractivity contribution in [3.8, 4) is 6.07 Å². The van der Waals surface area contributed by atoms with E-state index in [0.717, 1.165) is 10.4 Å². The Bertz CT molecular complexity index is 524. The second-order valence-electron chi connectivity index (χ2n) is 3.88. The van der Waals surface area contributed by atoms with Crippen LogP contribution in [0, 0.1) is 11.3 Å². The molecule has 0 saturated heterocycles. The molecule has 2 aromatic rings. The van der Waals surface area contributed by atoms with Gasteiger partial charge in [-0.1, -0.05) is 25.1 Å². The molecule has 0 spiro atoms. The minimum absolute atomic E-state index is 0.610. The Kier molecular flexibility index (Phi) is 3.28. The van der Waals surface area contributed by atoms with Gasteiger partial charge in [-0.25, -0.2) is 0 Å². The lowest BCUT2D eigenvalue weighted by Crippen LogP contribution is -2.24. The van der Waals surface area contributed by atoms with Gasteiger partial charge in [0, 0.05) is 4.88 Å². The molecule has 0 fully saturated rings. The summed E-state index contributed by atoms with van der Waals surface area (Å²) in [5.74, 6) is 0. The fourth-order valence-corrected chi connectivity index (χ4v) is 2.77. The van der Waals surface area contributed by atoms with E-state index in [0.29, 0.717) is 12.0 Å².